The molecule has 2 aromatic rings. The molecule has 1 unspecified atom stereocenters. The second kappa shape index (κ2) is 11.5. The second-order valence-corrected chi connectivity index (χ2v) is 9.90. The maximum atomic E-state index is 10.9. The molecule has 2 aromatic carbocycles. The van der Waals surface area contributed by atoms with Crippen molar-refractivity contribution in [2.24, 2.45) is 0 Å². The fraction of sp³-hybridized carbons (Fsp3) is 0.462. The predicted molar refractivity (Wildman–Crippen MR) is 133 cm³/mol. The first-order valence-corrected chi connectivity index (χ1v) is 12.6. The van der Waals surface area contributed by atoms with Gasteiger partial charge in [0.15, 0.2) is 29.7 Å². The Morgan fingerprint density at radius 2 is 1.59 bits per heavy atom. The van der Waals surface area contributed by atoms with Gasteiger partial charge in [0.05, 0.1) is 24.8 Å². The van der Waals surface area contributed by atoms with Crippen molar-refractivity contribution in [3.63, 3.8) is 0 Å². The summed E-state index contributed by atoms with van der Waals surface area (Å²) in [6, 6.07) is 6.19. The normalized spacial score (nSPS) is 35.2. The highest BCUT2D eigenvalue weighted by Gasteiger charge is 2.51. The molecule has 10 atom stereocenters. The minimum Gasteiger partial charge on any atom is -0.571 e. The molecule has 0 amide bonds. The molecule has 0 saturated carbocycles. The van der Waals surface area contributed by atoms with E-state index >= 15 is 0 Å². The van der Waals surface area contributed by atoms with Crippen LogP contribution in [0.3, 0.4) is 0 Å². The molecule has 11 N–H and O–H groups in total. The van der Waals surface area contributed by atoms with Gasteiger partial charge in [-0.1, -0.05) is 0 Å². The number of aromatic hydroxyl groups is 5. The van der Waals surface area contributed by atoms with E-state index in [0.717, 1.165) is 6.07 Å². The topological polar surface area (TPSA) is 252 Å². The average molecular weight is 584 g/mol. The van der Waals surface area contributed by atoms with Gasteiger partial charge in [0.2, 0.25) is 6.29 Å². The summed E-state index contributed by atoms with van der Waals surface area (Å²) in [6.07, 6.45) is -14.2. The van der Waals surface area contributed by atoms with Crippen LogP contribution in [0.1, 0.15) is 17.2 Å². The third kappa shape index (κ3) is 5.59. The van der Waals surface area contributed by atoms with Crippen molar-refractivity contribution in [3.8, 4) is 28.7 Å². The van der Waals surface area contributed by atoms with E-state index in [1.54, 1.807) is 0 Å². The van der Waals surface area contributed by atoms with Crippen LogP contribution in [0, 0.1) is 0 Å². The van der Waals surface area contributed by atoms with Crippen LogP contribution in [0.5, 0.6) is 28.7 Å². The van der Waals surface area contributed by atoms with Crippen molar-refractivity contribution in [1.82, 2.24) is 0 Å². The van der Waals surface area contributed by atoms with Crippen LogP contribution in [0.4, 0.5) is 0 Å². The van der Waals surface area contributed by atoms with E-state index < -0.39 is 86.1 Å². The van der Waals surface area contributed by atoms with Crippen molar-refractivity contribution in [3.05, 3.63) is 47.2 Å². The van der Waals surface area contributed by atoms with E-state index in [1.165, 1.54) is 30.3 Å². The third-order valence-electron chi connectivity index (χ3n) is 7.08. The standard InChI is InChI=1S/C26H30O15/c27-7-18-20(34)21(35)24(41-25-22(36)19(33)15(32)8-37-25)26(40-18)39-17-6-11-13(30)4-10(28)5-16(11)38-23(17)9-1-2-12(29)14(31)3-9/h1-6,15,18-36H,7-8H2/p+1/t15-,18-,19+,20+,21+,22-,23?,24-,25+,26-/m1/s1. The minimum absolute atomic E-state index is 0.0528. The quantitative estimate of drug-likeness (QED) is 0.132. The molecule has 2 saturated heterocycles. The molecule has 0 spiro atoms. The lowest BCUT2D eigenvalue weighted by molar-refractivity contribution is -0.353. The molecule has 3 heterocycles. The van der Waals surface area contributed by atoms with E-state index in [-0.39, 0.29) is 34.1 Å². The summed E-state index contributed by atoms with van der Waals surface area (Å²) in [6.45, 7) is -1.15. The van der Waals surface area contributed by atoms with Gasteiger partial charge in [0, 0.05) is 12.1 Å². The number of phenolic OH excluding ortho intramolecular Hbond substituents is 4. The molecule has 3 aliphatic heterocycles. The van der Waals surface area contributed by atoms with Crippen LogP contribution >= 0.6 is 0 Å². The molecule has 0 radical (unpaired) electrons. The summed E-state index contributed by atoms with van der Waals surface area (Å²) in [7, 11) is 0. The number of rotatable bonds is 6. The first kappa shape index (κ1) is 29.1. The molecular formula is C26H31O15+. The minimum atomic E-state index is -1.78. The summed E-state index contributed by atoms with van der Waals surface area (Å²) in [5.41, 5.74) is 0.420. The second-order valence-electron chi connectivity index (χ2n) is 9.90. The Morgan fingerprint density at radius 1 is 0.829 bits per heavy atom. The smallest absolute Gasteiger partial charge is 0.270 e. The molecule has 41 heavy (non-hydrogen) atoms. The van der Waals surface area contributed by atoms with Crippen LogP contribution in [0.15, 0.2) is 36.1 Å². The van der Waals surface area contributed by atoms with Gasteiger partial charge in [0.1, 0.15) is 53.7 Å². The molecule has 0 aromatic heterocycles. The molecule has 5 rings (SSSR count). The van der Waals surface area contributed by atoms with Gasteiger partial charge in [0.25, 0.3) is 11.9 Å². The predicted octanol–water partition coefficient (Wildman–Crippen LogP) is -1.87. The summed E-state index contributed by atoms with van der Waals surface area (Å²) >= 11 is 0. The number of hydrogen-bond acceptors (Lipinski definition) is 14. The molecule has 15 nitrogen and oxygen atoms in total. The first-order chi connectivity index (χ1) is 19.5. The van der Waals surface area contributed by atoms with E-state index in [9.17, 15) is 51.1 Å². The van der Waals surface area contributed by atoms with Gasteiger partial charge >= 0.3 is 0 Å². The molecule has 3 aliphatic rings. The average Bonchev–Trinajstić information content (AvgIpc) is 2.94. The lowest BCUT2D eigenvalue weighted by atomic mass is 9.98. The van der Waals surface area contributed by atoms with E-state index in [0.29, 0.717) is 0 Å². The lowest BCUT2D eigenvalue weighted by Crippen LogP contribution is -2.63. The fourth-order valence-corrected chi connectivity index (χ4v) is 4.82. The van der Waals surface area contributed by atoms with Crippen LogP contribution in [0.2, 0.25) is 0 Å². The van der Waals surface area contributed by atoms with Gasteiger partial charge in [-0.05, 0) is 18.2 Å². The number of fused-ring (bicyclic) bond motifs is 1. The monoisotopic (exact) mass is 583 g/mol. The van der Waals surface area contributed by atoms with E-state index in [1.807, 2.05) is 0 Å². The highest BCUT2D eigenvalue weighted by Crippen LogP contribution is 2.46. The maximum absolute atomic E-state index is 10.9. The fourth-order valence-electron chi connectivity index (χ4n) is 4.82. The summed E-state index contributed by atoms with van der Waals surface area (Å²) in [4.78, 5) is 0. The van der Waals surface area contributed by atoms with Gasteiger partial charge in [-0.2, -0.15) is 0 Å². The van der Waals surface area contributed by atoms with Crippen molar-refractivity contribution < 1.29 is 74.7 Å². The zero-order valence-corrected chi connectivity index (χ0v) is 21.2. The number of phenols is 4. The molecule has 0 bridgehead atoms. The van der Waals surface area contributed by atoms with E-state index in [4.69, 9.17) is 18.9 Å². The highest BCUT2D eigenvalue weighted by atomic mass is 16.8. The number of aliphatic hydroxyl groups is 7. The third-order valence-corrected chi connectivity index (χ3v) is 7.08. The number of aliphatic hydroxyl groups excluding tert-OH is 6. The largest absolute Gasteiger partial charge is 0.571 e. The zero-order valence-electron chi connectivity index (χ0n) is 21.2. The molecule has 224 valence electrons. The number of benzene rings is 2. The Kier molecular flexibility index (Phi) is 8.15. The number of ether oxygens (including phenoxy) is 5. The van der Waals surface area contributed by atoms with Gasteiger partial charge in [-0.15, -0.1) is 0 Å². The van der Waals surface area contributed by atoms with Crippen molar-refractivity contribution in [2.75, 3.05) is 13.2 Å². The van der Waals surface area contributed by atoms with Crippen molar-refractivity contribution in [2.45, 2.75) is 61.4 Å². The highest BCUT2D eigenvalue weighted by molar-refractivity contribution is 5.69. The first-order valence-electron chi connectivity index (χ1n) is 12.6. The Labute approximate surface area is 231 Å². The van der Waals surface area contributed by atoms with Crippen LogP contribution < -0.4 is 0 Å². The Hall–Kier alpha value is -3.38. The van der Waals surface area contributed by atoms with Crippen molar-refractivity contribution >= 4 is 6.08 Å². The summed E-state index contributed by atoms with van der Waals surface area (Å²) < 4.78 is 27.2. The Balaban J connectivity index is 1.51. The molecule has 15 heteroatoms. The van der Waals surface area contributed by atoms with Crippen LogP contribution in [-0.2, 0) is 18.9 Å². The summed E-state index contributed by atoms with van der Waals surface area (Å²) in [5.74, 6) is -1.41. The number of hydrogen-bond donors (Lipinski definition) is 10. The van der Waals surface area contributed by atoms with Gasteiger partial charge in [-0.3, -0.25) is 0 Å². The Bertz CT molecular complexity index is 1280. The molecule has 0 aliphatic carbocycles. The Morgan fingerprint density at radius 3 is 2.29 bits per heavy atom. The van der Waals surface area contributed by atoms with E-state index in [2.05, 4.69) is 4.74 Å². The summed E-state index contributed by atoms with van der Waals surface area (Å²) in [5, 5.41) is 102. The lowest BCUT2D eigenvalue weighted by Gasteiger charge is -2.45. The van der Waals surface area contributed by atoms with Gasteiger partial charge in [-0.25, -0.2) is 0 Å². The molecular weight excluding hydrogens is 552 g/mol. The van der Waals surface area contributed by atoms with Gasteiger partial charge < -0.3 is 74.7 Å². The molecule has 2 fully saturated rings. The maximum Gasteiger partial charge on any atom is 0.270 e. The van der Waals surface area contributed by atoms with Crippen LogP contribution in [0.25, 0.3) is 6.08 Å². The SMILES string of the molecule is OC[C@H]1O[C@@H](OC2=Cc3c(O)cc(O)cc3[OH+]C2c2ccc(O)c(O)c2)[C@H](O[C@@H]2OC[C@@H](O)[C@H](O)[C@H]2O)[C@@H](O)[C@H]1O. The zero-order chi connectivity index (χ0) is 29.6. The van der Waals surface area contributed by atoms with Crippen molar-refractivity contribution in [1.29, 1.82) is 0 Å². The van der Waals surface area contributed by atoms with Crippen LogP contribution in [-0.4, -0.2) is 124 Å².